The van der Waals surface area contributed by atoms with Gasteiger partial charge < -0.3 is 10.2 Å². The van der Waals surface area contributed by atoms with Gasteiger partial charge in [-0.2, -0.15) is 0 Å². The molecule has 0 radical (unpaired) electrons. The molecule has 0 atom stereocenters. The summed E-state index contributed by atoms with van der Waals surface area (Å²) in [6.45, 7) is 2.43. The van der Waals surface area contributed by atoms with Gasteiger partial charge in [0.2, 0.25) is 0 Å². The Morgan fingerprint density at radius 2 is 1.86 bits per heavy atom. The van der Waals surface area contributed by atoms with E-state index < -0.39 is 5.82 Å². The van der Waals surface area contributed by atoms with E-state index in [9.17, 15) is 9.18 Å². The van der Waals surface area contributed by atoms with Gasteiger partial charge in [0.15, 0.2) is 0 Å². The van der Waals surface area contributed by atoms with Crippen LogP contribution < -0.4 is 5.32 Å². The third kappa shape index (κ3) is 3.73. The number of nitrogens with one attached hydrogen (secondary N) is 1. The maximum atomic E-state index is 13.6. The minimum absolute atomic E-state index is 0.0652. The number of hydrogen-bond acceptors (Lipinski definition) is 2. The first-order valence-corrected chi connectivity index (χ1v) is 8.47. The third-order valence-corrected chi connectivity index (χ3v) is 5.02. The van der Waals surface area contributed by atoms with Crippen LogP contribution >= 0.6 is 23.2 Å². The van der Waals surface area contributed by atoms with Crippen LogP contribution in [0.4, 0.5) is 4.39 Å². The fourth-order valence-electron chi connectivity index (χ4n) is 2.80. The molecule has 1 amide bonds. The molecule has 1 aromatic rings. The average Bonchev–Trinajstić information content (AvgIpc) is 3.33. The number of carbonyl (C=O) groups excluding carboxylic acids is 1. The summed E-state index contributed by atoms with van der Waals surface area (Å²) < 4.78 is 13.6. The largest absolute Gasteiger partial charge is 0.338 e. The molecule has 2 aliphatic rings. The molecule has 6 heteroatoms. The smallest absolute Gasteiger partial charge is 0.255 e. The second-order valence-corrected chi connectivity index (χ2v) is 6.98. The lowest BCUT2D eigenvalue weighted by molar-refractivity contribution is 0.0704. The molecular weight excluding hydrogens is 326 g/mol. The van der Waals surface area contributed by atoms with Crippen molar-refractivity contribution >= 4 is 29.1 Å². The quantitative estimate of drug-likeness (QED) is 0.844. The molecule has 3 nitrogen and oxygen atoms in total. The van der Waals surface area contributed by atoms with Crippen molar-refractivity contribution in [2.45, 2.75) is 31.7 Å². The Balaban J connectivity index is 1.58. The van der Waals surface area contributed by atoms with Gasteiger partial charge in [0, 0.05) is 19.1 Å². The zero-order valence-corrected chi connectivity index (χ0v) is 13.8. The van der Waals surface area contributed by atoms with Crippen LogP contribution in [0.15, 0.2) is 12.1 Å². The number of piperidine rings is 1. The lowest BCUT2D eigenvalue weighted by Crippen LogP contribution is -2.45. The first-order chi connectivity index (χ1) is 10.5. The van der Waals surface area contributed by atoms with Crippen molar-refractivity contribution in [3.05, 3.63) is 33.6 Å². The highest BCUT2D eigenvalue weighted by atomic mass is 35.5. The van der Waals surface area contributed by atoms with Crippen molar-refractivity contribution in [2.75, 3.05) is 19.6 Å². The molecule has 1 saturated carbocycles. The molecule has 1 heterocycles. The summed E-state index contributed by atoms with van der Waals surface area (Å²) in [5, 5.41) is 3.70. The van der Waals surface area contributed by atoms with E-state index in [1.165, 1.54) is 18.9 Å². The number of benzene rings is 1. The van der Waals surface area contributed by atoms with Gasteiger partial charge in [-0.3, -0.25) is 4.79 Å². The van der Waals surface area contributed by atoms with Crippen molar-refractivity contribution in [3.8, 4) is 0 Å². The van der Waals surface area contributed by atoms with E-state index >= 15 is 0 Å². The van der Waals surface area contributed by atoms with Gasteiger partial charge in [-0.15, -0.1) is 0 Å². The molecule has 1 aliphatic carbocycles. The standard InChI is InChI=1S/C16H19Cl2FN2O/c17-13-8-14(18)15(19)7-12(13)16(22)21-5-3-11(4-6-21)20-9-10-1-2-10/h7-8,10-11,20H,1-6,9H2. The molecule has 0 spiro atoms. The molecule has 1 saturated heterocycles. The van der Waals surface area contributed by atoms with Crippen molar-refractivity contribution in [1.82, 2.24) is 10.2 Å². The van der Waals surface area contributed by atoms with E-state index in [0.29, 0.717) is 19.1 Å². The van der Waals surface area contributed by atoms with Crippen LogP contribution in [0.2, 0.25) is 10.0 Å². The number of halogens is 3. The summed E-state index contributed by atoms with van der Waals surface area (Å²) in [7, 11) is 0. The summed E-state index contributed by atoms with van der Waals surface area (Å²) in [6, 6.07) is 2.89. The second-order valence-electron chi connectivity index (χ2n) is 6.16. The van der Waals surface area contributed by atoms with Gasteiger partial charge in [0.1, 0.15) is 5.82 Å². The molecule has 1 aromatic carbocycles. The molecule has 0 aromatic heterocycles. The van der Waals surface area contributed by atoms with Crippen LogP contribution in [0, 0.1) is 11.7 Å². The summed E-state index contributed by atoms with van der Waals surface area (Å²) in [5.74, 6) is 0.0205. The van der Waals surface area contributed by atoms with Crippen molar-refractivity contribution in [2.24, 2.45) is 5.92 Å². The van der Waals surface area contributed by atoms with E-state index in [2.05, 4.69) is 5.32 Å². The summed E-state index contributed by atoms with van der Waals surface area (Å²) in [6.07, 6.45) is 4.52. The number of nitrogens with zero attached hydrogens (tertiary/aromatic N) is 1. The van der Waals surface area contributed by atoms with E-state index in [1.54, 1.807) is 4.90 Å². The number of amides is 1. The van der Waals surface area contributed by atoms with Crippen LogP contribution in [0.1, 0.15) is 36.0 Å². The highest BCUT2D eigenvalue weighted by molar-refractivity contribution is 6.36. The summed E-state index contributed by atoms with van der Waals surface area (Å²) in [5.41, 5.74) is 0.188. The maximum absolute atomic E-state index is 13.6. The van der Waals surface area contributed by atoms with Crippen LogP contribution in [-0.4, -0.2) is 36.5 Å². The van der Waals surface area contributed by atoms with Crippen LogP contribution in [-0.2, 0) is 0 Å². The minimum Gasteiger partial charge on any atom is -0.338 e. The highest BCUT2D eigenvalue weighted by Gasteiger charge is 2.27. The number of rotatable bonds is 4. The Morgan fingerprint density at radius 1 is 1.18 bits per heavy atom. The van der Waals surface area contributed by atoms with E-state index in [4.69, 9.17) is 23.2 Å². The third-order valence-electron chi connectivity index (χ3n) is 4.41. The fraction of sp³-hybridized carbons (Fsp3) is 0.562. The predicted molar refractivity (Wildman–Crippen MR) is 86.1 cm³/mol. The SMILES string of the molecule is O=C(c1cc(F)c(Cl)cc1Cl)N1CCC(NCC2CC2)CC1. The normalized spacial score (nSPS) is 19.5. The Bertz CT molecular complexity index is 570. The lowest BCUT2D eigenvalue weighted by Gasteiger charge is -2.32. The van der Waals surface area contributed by atoms with Crippen LogP contribution in [0.3, 0.4) is 0 Å². The van der Waals surface area contributed by atoms with Crippen molar-refractivity contribution in [1.29, 1.82) is 0 Å². The molecule has 22 heavy (non-hydrogen) atoms. The average molecular weight is 345 g/mol. The minimum atomic E-state index is -0.615. The number of carbonyl (C=O) groups is 1. The lowest BCUT2D eigenvalue weighted by atomic mass is 10.0. The summed E-state index contributed by atoms with van der Waals surface area (Å²) in [4.78, 5) is 14.2. The highest BCUT2D eigenvalue weighted by Crippen LogP contribution is 2.29. The fourth-order valence-corrected chi connectivity index (χ4v) is 3.26. The molecule has 0 unspecified atom stereocenters. The Morgan fingerprint density at radius 3 is 2.50 bits per heavy atom. The first kappa shape index (κ1) is 16.0. The molecule has 3 rings (SSSR count). The number of likely N-dealkylation sites (tertiary alicyclic amines) is 1. The van der Waals surface area contributed by atoms with Gasteiger partial charge in [-0.05, 0) is 50.3 Å². The zero-order valence-electron chi connectivity index (χ0n) is 12.2. The molecular formula is C16H19Cl2FN2O. The van der Waals surface area contributed by atoms with Crippen LogP contribution in [0.25, 0.3) is 0 Å². The second kappa shape index (κ2) is 6.73. The topological polar surface area (TPSA) is 32.3 Å². The summed E-state index contributed by atoms with van der Waals surface area (Å²) >= 11 is 11.7. The predicted octanol–water partition coefficient (Wildman–Crippen LogP) is 3.74. The monoisotopic (exact) mass is 344 g/mol. The van der Waals surface area contributed by atoms with Gasteiger partial charge in [0.05, 0.1) is 15.6 Å². The van der Waals surface area contributed by atoms with Gasteiger partial charge in [-0.1, -0.05) is 23.2 Å². The Labute approximate surface area is 139 Å². The van der Waals surface area contributed by atoms with Crippen LogP contribution in [0.5, 0.6) is 0 Å². The number of hydrogen-bond donors (Lipinski definition) is 1. The molecule has 1 N–H and O–H groups in total. The first-order valence-electron chi connectivity index (χ1n) is 7.72. The van der Waals surface area contributed by atoms with Crippen molar-refractivity contribution in [3.63, 3.8) is 0 Å². The molecule has 0 bridgehead atoms. The molecule has 2 fully saturated rings. The zero-order chi connectivity index (χ0) is 15.7. The van der Waals surface area contributed by atoms with Crippen molar-refractivity contribution < 1.29 is 9.18 Å². The van der Waals surface area contributed by atoms with E-state index in [0.717, 1.165) is 31.4 Å². The Kier molecular flexibility index (Phi) is 4.91. The van der Waals surface area contributed by atoms with E-state index in [-0.39, 0.29) is 21.5 Å². The van der Waals surface area contributed by atoms with E-state index in [1.807, 2.05) is 0 Å². The van der Waals surface area contributed by atoms with Gasteiger partial charge in [0.25, 0.3) is 5.91 Å². The maximum Gasteiger partial charge on any atom is 0.255 e. The Hall–Kier alpha value is -0.840. The van der Waals surface area contributed by atoms with Gasteiger partial charge >= 0.3 is 0 Å². The van der Waals surface area contributed by atoms with Gasteiger partial charge in [-0.25, -0.2) is 4.39 Å². The molecule has 120 valence electrons. The molecule has 1 aliphatic heterocycles.